The number of nitrogens with one attached hydrogen (secondary N) is 1. The minimum atomic E-state index is -0.763. The van der Waals surface area contributed by atoms with Gasteiger partial charge < -0.3 is 15.8 Å². The fraction of sp³-hybridized carbons (Fsp3) is 0.650. The number of carbonyl (C=O) groups is 1. The Bertz CT molecular complexity index is 573. The van der Waals surface area contributed by atoms with E-state index in [-0.39, 0.29) is 11.3 Å². The molecule has 1 aromatic rings. The molecule has 0 unspecified atom stereocenters. The molecule has 24 heavy (non-hydrogen) atoms. The van der Waals surface area contributed by atoms with Crippen molar-refractivity contribution in [3.63, 3.8) is 0 Å². The lowest BCUT2D eigenvalue weighted by atomic mass is 9.69. The molecule has 3 N–H and O–H groups in total. The Morgan fingerprint density at radius 2 is 1.88 bits per heavy atom. The molecule has 1 aromatic carbocycles. The number of rotatable bonds is 4. The first kappa shape index (κ1) is 17.4. The molecule has 1 aliphatic carbocycles. The maximum absolute atomic E-state index is 12.7. The van der Waals surface area contributed by atoms with Crippen molar-refractivity contribution in [2.75, 3.05) is 19.8 Å². The van der Waals surface area contributed by atoms with Gasteiger partial charge in [0, 0.05) is 25.2 Å². The van der Waals surface area contributed by atoms with E-state index in [2.05, 4.69) is 36.5 Å². The van der Waals surface area contributed by atoms with Gasteiger partial charge in [0.1, 0.15) is 0 Å². The molecule has 1 saturated heterocycles. The molecule has 0 spiro atoms. The summed E-state index contributed by atoms with van der Waals surface area (Å²) in [5.74, 6) is -0.0107. The third-order valence-electron chi connectivity index (χ3n) is 5.87. The van der Waals surface area contributed by atoms with E-state index in [0.29, 0.717) is 32.6 Å². The number of hydrogen-bond acceptors (Lipinski definition) is 3. The first-order valence-electron chi connectivity index (χ1n) is 9.26. The minimum absolute atomic E-state index is 0.0107. The van der Waals surface area contributed by atoms with Gasteiger partial charge >= 0.3 is 0 Å². The zero-order chi connectivity index (χ0) is 17.0. The topological polar surface area (TPSA) is 64.4 Å². The largest absolute Gasteiger partial charge is 0.381 e. The lowest BCUT2D eigenvalue weighted by molar-refractivity contribution is -0.130. The monoisotopic (exact) mass is 330 g/mol. The third kappa shape index (κ3) is 3.65. The van der Waals surface area contributed by atoms with Gasteiger partial charge in [0.2, 0.25) is 5.91 Å². The van der Waals surface area contributed by atoms with Crippen LogP contribution in [0.4, 0.5) is 0 Å². The van der Waals surface area contributed by atoms with Crippen LogP contribution in [0.15, 0.2) is 24.3 Å². The van der Waals surface area contributed by atoms with E-state index in [9.17, 15) is 4.79 Å². The van der Waals surface area contributed by atoms with Crippen molar-refractivity contribution in [1.29, 1.82) is 0 Å². The Morgan fingerprint density at radius 3 is 2.54 bits per heavy atom. The SMILES string of the molecule is Cc1cccc(C2(CNC(=O)C3(N)CCOCC3)CCCCC2)c1. The quantitative estimate of drug-likeness (QED) is 0.892. The smallest absolute Gasteiger partial charge is 0.240 e. The highest BCUT2D eigenvalue weighted by molar-refractivity contribution is 5.86. The van der Waals surface area contributed by atoms with E-state index >= 15 is 0 Å². The van der Waals surface area contributed by atoms with Crippen molar-refractivity contribution in [2.45, 2.75) is 62.8 Å². The van der Waals surface area contributed by atoms with Gasteiger partial charge in [-0.1, -0.05) is 49.1 Å². The molecule has 1 saturated carbocycles. The van der Waals surface area contributed by atoms with Crippen LogP contribution in [-0.2, 0) is 14.9 Å². The predicted octanol–water partition coefficient (Wildman–Crippen LogP) is 2.82. The van der Waals surface area contributed by atoms with Crippen LogP contribution in [0.3, 0.4) is 0 Å². The van der Waals surface area contributed by atoms with Crippen LogP contribution < -0.4 is 11.1 Å². The van der Waals surface area contributed by atoms with Gasteiger partial charge in [0.15, 0.2) is 0 Å². The van der Waals surface area contributed by atoms with Crippen molar-refractivity contribution in [3.8, 4) is 0 Å². The summed E-state index contributed by atoms with van der Waals surface area (Å²) in [4.78, 5) is 12.7. The zero-order valence-electron chi connectivity index (χ0n) is 14.8. The van der Waals surface area contributed by atoms with Crippen LogP contribution in [0.5, 0.6) is 0 Å². The second-order valence-corrected chi connectivity index (χ2v) is 7.66. The van der Waals surface area contributed by atoms with Crippen molar-refractivity contribution in [3.05, 3.63) is 35.4 Å². The maximum atomic E-state index is 12.7. The van der Waals surface area contributed by atoms with Crippen LogP contribution in [0, 0.1) is 6.92 Å². The van der Waals surface area contributed by atoms with E-state index in [1.807, 2.05) is 0 Å². The molecular weight excluding hydrogens is 300 g/mol. The summed E-state index contributed by atoms with van der Waals surface area (Å²) < 4.78 is 5.35. The second-order valence-electron chi connectivity index (χ2n) is 7.66. The second kappa shape index (κ2) is 7.24. The number of amides is 1. The fourth-order valence-corrected chi connectivity index (χ4v) is 4.16. The number of carbonyl (C=O) groups excluding carboxylic acids is 1. The lowest BCUT2D eigenvalue weighted by Crippen LogP contribution is -2.58. The zero-order valence-corrected chi connectivity index (χ0v) is 14.8. The van der Waals surface area contributed by atoms with Gasteiger partial charge in [-0.2, -0.15) is 0 Å². The van der Waals surface area contributed by atoms with E-state index < -0.39 is 5.54 Å². The summed E-state index contributed by atoms with van der Waals surface area (Å²) in [6.45, 7) is 3.98. The number of ether oxygens (including phenoxy) is 1. The van der Waals surface area contributed by atoms with Gasteiger partial charge in [0.25, 0.3) is 0 Å². The lowest BCUT2D eigenvalue weighted by Gasteiger charge is -2.40. The Balaban J connectivity index is 1.74. The fourth-order valence-electron chi connectivity index (χ4n) is 4.16. The third-order valence-corrected chi connectivity index (χ3v) is 5.87. The van der Waals surface area contributed by atoms with Gasteiger partial charge in [0.05, 0.1) is 5.54 Å². The molecule has 0 bridgehead atoms. The van der Waals surface area contributed by atoms with Crippen molar-refractivity contribution >= 4 is 5.91 Å². The van der Waals surface area contributed by atoms with Gasteiger partial charge in [-0.25, -0.2) is 0 Å². The highest BCUT2D eigenvalue weighted by Gasteiger charge is 2.39. The molecule has 4 heteroatoms. The average Bonchev–Trinajstić information content (AvgIpc) is 2.61. The van der Waals surface area contributed by atoms with Gasteiger partial charge in [-0.05, 0) is 38.2 Å². The molecule has 2 fully saturated rings. The molecule has 4 nitrogen and oxygen atoms in total. The van der Waals surface area contributed by atoms with Crippen LogP contribution in [0.1, 0.15) is 56.1 Å². The molecule has 3 rings (SSSR count). The van der Waals surface area contributed by atoms with Crippen LogP contribution in [-0.4, -0.2) is 31.2 Å². The first-order valence-corrected chi connectivity index (χ1v) is 9.26. The molecule has 1 amide bonds. The predicted molar refractivity (Wildman–Crippen MR) is 95.9 cm³/mol. The normalized spacial score (nSPS) is 22.8. The van der Waals surface area contributed by atoms with Crippen LogP contribution in [0.25, 0.3) is 0 Å². The van der Waals surface area contributed by atoms with Gasteiger partial charge in [-0.15, -0.1) is 0 Å². The molecule has 2 aliphatic rings. The van der Waals surface area contributed by atoms with E-state index in [0.717, 1.165) is 12.8 Å². The van der Waals surface area contributed by atoms with Gasteiger partial charge in [-0.3, -0.25) is 4.79 Å². The molecule has 1 aliphatic heterocycles. The van der Waals surface area contributed by atoms with Crippen molar-refractivity contribution in [2.24, 2.45) is 5.73 Å². The minimum Gasteiger partial charge on any atom is -0.381 e. The number of benzene rings is 1. The van der Waals surface area contributed by atoms with E-state index in [1.54, 1.807) is 0 Å². The summed E-state index contributed by atoms with van der Waals surface area (Å²) in [5.41, 5.74) is 8.27. The summed E-state index contributed by atoms with van der Waals surface area (Å²) in [6.07, 6.45) is 7.23. The van der Waals surface area contributed by atoms with Crippen LogP contribution >= 0.6 is 0 Å². The number of aryl methyl sites for hydroxylation is 1. The van der Waals surface area contributed by atoms with E-state index in [4.69, 9.17) is 10.5 Å². The average molecular weight is 330 g/mol. The Labute approximate surface area is 145 Å². The number of hydrogen-bond donors (Lipinski definition) is 2. The maximum Gasteiger partial charge on any atom is 0.240 e. The molecule has 1 heterocycles. The Kier molecular flexibility index (Phi) is 5.26. The molecule has 132 valence electrons. The summed E-state index contributed by atoms with van der Waals surface area (Å²) >= 11 is 0. The Morgan fingerprint density at radius 1 is 1.17 bits per heavy atom. The van der Waals surface area contributed by atoms with Crippen molar-refractivity contribution < 1.29 is 9.53 Å². The summed E-state index contributed by atoms with van der Waals surface area (Å²) in [5, 5.41) is 3.20. The summed E-state index contributed by atoms with van der Waals surface area (Å²) in [6, 6.07) is 8.77. The van der Waals surface area contributed by atoms with Crippen LogP contribution in [0.2, 0.25) is 0 Å². The first-order chi connectivity index (χ1) is 11.5. The highest BCUT2D eigenvalue weighted by atomic mass is 16.5. The molecule has 0 atom stereocenters. The highest BCUT2D eigenvalue weighted by Crippen LogP contribution is 2.39. The molecular formula is C20H30N2O2. The molecule has 0 radical (unpaired) electrons. The summed E-state index contributed by atoms with van der Waals surface area (Å²) in [7, 11) is 0. The Hall–Kier alpha value is -1.39. The van der Waals surface area contributed by atoms with Crippen molar-refractivity contribution in [1.82, 2.24) is 5.32 Å². The van der Waals surface area contributed by atoms with E-state index in [1.165, 1.54) is 30.4 Å². The number of nitrogens with two attached hydrogens (primary N) is 1. The standard InChI is InChI=1S/C20H30N2O2/c1-16-6-5-7-17(14-16)19(8-3-2-4-9-19)15-22-18(23)20(21)10-12-24-13-11-20/h5-7,14H,2-4,8-13,15,21H2,1H3,(H,22,23). The molecule has 0 aromatic heterocycles.